The molecular weight excluding hydrogens is 366 g/mol. The van der Waals surface area contributed by atoms with E-state index in [2.05, 4.69) is 20.5 Å². The van der Waals surface area contributed by atoms with Crippen molar-refractivity contribution in [2.45, 2.75) is 52.0 Å². The Hall–Kier alpha value is -2.31. The number of hydrogen-bond donors (Lipinski definition) is 2. The van der Waals surface area contributed by atoms with E-state index in [1.807, 2.05) is 50.2 Å². The molecule has 2 fully saturated rings. The first kappa shape index (κ1) is 21.4. The van der Waals surface area contributed by atoms with Crippen molar-refractivity contribution in [1.82, 2.24) is 20.5 Å². The summed E-state index contributed by atoms with van der Waals surface area (Å²) in [5.41, 5.74) is 0.950. The Labute approximate surface area is 174 Å². The minimum atomic E-state index is -0.227. The Morgan fingerprint density at radius 2 is 1.66 bits per heavy atom. The predicted molar refractivity (Wildman–Crippen MR) is 115 cm³/mol. The van der Waals surface area contributed by atoms with Gasteiger partial charge in [-0.05, 0) is 64.5 Å². The van der Waals surface area contributed by atoms with Gasteiger partial charge in [0, 0.05) is 62.3 Å². The van der Waals surface area contributed by atoms with Crippen molar-refractivity contribution in [2.24, 2.45) is 11.8 Å². The molecule has 7 heteroatoms. The molecule has 0 bridgehead atoms. The number of amides is 3. The van der Waals surface area contributed by atoms with Gasteiger partial charge in [0.15, 0.2) is 0 Å². The fourth-order valence-electron chi connectivity index (χ4n) is 4.23. The first-order chi connectivity index (χ1) is 13.8. The lowest BCUT2D eigenvalue weighted by Crippen LogP contribution is -2.51. The van der Waals surface area contributed by atoms with Gasteiger partial charge in [-0.15, -0.1) is 0 Å². The van der Waals surface area contributed by atoms with Crippen molar-refractivity contribution >= 4 is 17.6 Å². The number of carbonyl (C=O) groups is 2. The number of anilines is 1. The van der Waals surface area contributed by atoms with Gasteiger partial charge in [-0.3, -0.25) is 9.78 Å². The van der Waals surface area contributed by atoms with E-state index in [0.29, 0.717) is 18.4 Å². The Bertz CT molecular complexity index is 672. The van der Waals surface area contributed by atoms with Gasteiger partial charge in [0.2, 0.25) is 5.91 Å². The summed E-state index contributed by atoms with van der Waals surface area (Å²) < 4.78 is 0. The van der Waals surface area contributed by atoms with Crippen molar-refractivity contribution < 1.29 is 9.59 Å². The molecule has 2 N–H and O–H groups in total. The number of aromatic nitrogens is 1. The first-order valence-corrected chi connectivity index (χ1v) is 10.8. The molecule has 29 heavy (non-hydrogen) atoms. The minimum absolute atomic E-state index is 0.109. The Kier molecular flexibility index (Phi) is 6.98. The molecule has 1 aromatic rings. The Morgan fingerprint density at radius 1 is 1.03 bits per heavy atom. The van der Waals surface area contributed by atoms with E-state index in [9.17, 15) is 9.59 Å². The van der Waals surface area contributed by atoms with Crippen molar-refractivity contribution in [2.75, 3.05) is 37.6 Å². The molecule has 0 aromatic carbocycles. The van der Waals surface area contributed by atoms with Crippen LogP contribution in [0.3, 0.4) is 0 Å². The zero-order valence-electron chi connectivity index (χ0n) is 18.0. The molecule has 0 unspecified atom stereocenters. The van der Waals surface area contributed by atoms with Gasteiger partial charge < -0.3 is 20.4 Å². The minimum Gasteiger partial charge on any atom is -0.368 e. The predicted octanol–water partition coefficient (Wildman–Crippen LogP) is 2.63. The van der Waals surface area contributed by atoms with Crippen LogP contribution in [0.15, 0.2) is 24.5 Å². The fourth-order valence-corrected chi connectivity index (χ4v) is 4.23. The lowest BCUT2D eigenvalue weighted by molar-refractivity contribution is -0.137. The van der Waals surface area contributed by atoms with Crippen molar-refractivity contribution in [3.05, 3.63) is 24.5 Å². The first-order valence-electron chi connectivity index (χ1n) is 10.8. The Balaban J connectivity index is 1.38. The number of nitrogens with one attached hydrogen (secondary N) is 2. The normalized spacial score (nSPS) is 22.9. The second-order valence-electron chi connectivity index (χ2n) is 9.32. The number of hydrogen-bond acceptors (Lipinski definition) is 4. The molecule has 1 aliphatic heterocycles. The summed E-state index contributed by atoms with van der Waals surface area (Å²) in [5, 5.41) is 5.91. The molecule has 0 spiro atoms. The van der Waals surface area contributed by atoms with Crippen LogP contribution in [0.5, 0.6) is 0 Å². The highest BCUT2D eigenvalue weighted by Crippen LogP contribution is 2.30. The number of rotatable bonds is 4. The van der Waals surface area contributed by atoms with E-state index in [4.69, 9.17) is 0 Å². The molecular formula is C22H35N5O2. The molecule has 2 aliphatic rings. The third kappa shape index (κ3) is 6.34. The van der Waals surface area contributed by atoms with E-state index in [1.165, 1.54) is 5.69 Å². The van der Waals surface area contributed by atoms with Crippen LogP contribution in [0.4, 0.5) is 10.5 Å². The SMILES string of the molecule is CC(C)(C)NC(=O)NC[C@H]1CC[C@H](C(=O)N2CCN(c3ccncc3)CC2)CC1. The second kappa shape index (κ2) is 9.46. The van der Waals surface area contributed by atoms with Crippen molar-refractivity contribution in [3.63, 3.8) is 0 Å². The smallest absolute Gasteiger partial charge is 0.315 e. The van der Waals surface area contributed by atoms with E-state index in [1.54, 1.807) is 0 Å². The molecule has 1 aliphatic carbocycles. The molecule has 7 nitrogen and oxygen atoms in total. The van der Waals surface area contributed by atoms with Crippen LogP contribution in [-0.2, 0) is 4.79 Å². The van der Waals surface area contributed by atoms with Crippen LogP contribution in [0.2, 0.25) is 0 Å². The van der Waals surface area contributed by atoms with Crippen molar-refractivity contribution in [1.29, 1.82) is 0 Å². The van der Waals surface area contributed by atoms with Crippen LogP contribution >= 0.6 is 0 Å². The van der Waals surface area contributed by atoms with E-state index in [-0.39, 0.29) is 17.5 Å². The average molecular weight is 402 g/mol. The van der Waals surface area contributed by atoms with Gasteiger partial charge >= 0.3 is 6.03 Å². The molecule has 1 saturated heterocycles. The highest BCUT2D eigenvalue weighted by atomic mass is 16.2. The molecule has 0 radical (unpaired) electrons. The van der Waals surface area contributed by atoms with E-state index in [0.717, 1.165) is 51.9 Å². The summed E-state index contributed by atoms with van der Waals surface area (Å²) in [6, 6.07) is 3.94. The standard InChI is InChI=1S/C22H35N5O2/c1-22(2,3)25-21(29)24-16-17-4-6-18(7-5-17)20(28)27-14-12-26(13-15-27)19-8-10-23-11-9-19/h8-11,17-18H,4-7,12-16H2,1-3H3,(H2,24,25,29)/t17-,18-. The number of carbonyl (C=O) groups excluding carboxylic acids is 2. The summed E-state index contributed by atoms with van der Waals surface area (Å²) in [7, 11) is 0. The summed E-state index contributed by atoms with van der Waals surface area (Å²) in [6.45, 7) is 9.93. The van der Waals surface area contributed by atoms with Crippen LogP contribution in [0.25, 0.3) is 0 Å². The zero-order valence-corrected chi connectivity index (χ0v) is 18.0. The van der Waals surface area contributed by atoms with Gasteiger partial charge in [0.1, 0.15) is 0 Å². The molecule has 1 aromatic heterocycles. The topological polar surface area (TPSA) is 77.6 Å². The van der Waals surface area contributed by atoms with Crippen LogP contribution in [0, 0.1) is 11.8 Å². The van der Waals surface area contributed by atoms with E-state index < -0.39 is 0 Å². The maximum Gasteiger partial charge on any atom is 0.315 e. The molecule has 1 saturated carbocycles. The van der Waals surface area contributed by atoms with E-state index >= 15 is 0 Å². The molecule has 160 valence electrons. The summed E-state index contributed by atoms with van der Waals surface area (Å²) in [5.74, 6) is 0.923. The number of pyridine rings is 1. The van der Waals surface area contributed by atoms with Gasteiger partial charge in [-0.2, -0.15) is 0 Å². The third-order valence-electron chi connectivity index (χ3n) is 5.86. The summed E-state index contributed by atoms with van der Waals surface area (Å²) >= 11 is 0. The quantitative estimate of drug-likeness (QED) is 0.813. The van der Waals surface area contributed by atoms with Crippen molar-refractivity contribution in [3.8, 4) is 0 Å². The highest BCUT2D eigenvalue weighted by Gasteiger charge is 2.31. The molecule has 3 rings (SSSR count). The van der Waals surface area contributed by atoms with Gasteiger partial charge in [0.05, 0.1) is 0 Å². The zero-order chi connectivity index (χ0) is 20.9. The largest absolute Gasteiger partial charge is 0.368 e. The van der Waals surface area contributed by atoms with Gasteiger partial charge in [-0.1, -0.05) is 0 Å². The number of urea groups is 1. The molecule has 2 heterocycles. The molecule has 0 atom stereocenters. The highest BCUT2D eigenvalue weighted by molar-refractivity contribution is 5.79. The van der Waals surface area contributed by atoms with Crippen LogP contribution in [0.1, 0.15) is 46.5 Å². The maximum absolute atomic E-state index is 12.9. The monoisotopic (exact) mass is 401 g/mol. The fraction of sp³-hybridized carbons (Fsp3) is 0.682. The van der Waals surface area contributed by atoms with Crippen LogP contribution in [-0.4, -0.2) is 60.1 Å². The molecule has 3 amide bonds. The average Bonchev–Trinajstić information content (AvgIpc) is 2.72. The maximum atomic E-state index is 12.9. The third-order valence-corrected chi connectivity index (χ3v) is 5.86. The summed E-state index contributed by atoms with van der Waals surface area (Å²) in [6.07, 6.45) is 7.49. The van der Waals surface area contributed by atoms with Gasteiger partial charge in [-0.25, -0.2) is 4.79 Å². The second-order valence-corrected chi connectivity index (χ2v) is 9.32. The number of piperazine rings is 1. The number of nitrogens with zero attached hydrogens (tertiary/aromatic N) is 3. The Morgan fingerprint density at radius 3 is 2.24 bits per heavy atom. The lowest BCUT2D eigenvalue weighted by atomic mass is 9.81. The lowest BCUT2D eigenvalue weighted by Gasteiger charge is -2.38. The van der Waals surface area contributed by atoms with Gasteiger partial charge in [0.25, 0.3) is 0 Å². The summed E-state index contributed by atoms with van der Waals surface area (Å²) in [4.78, 5) is 33.3. The van der Waals surface area contributed by atoms with Crippen LogP contribution < -0.4 is 15.5 Å².